The van der Waals surface area contributed by atoms with E-state index in [2.05, 4.69) is 5.32 Å². The predicted octanol–water partition coefficient (Wildman–Crippen LogP) is 5.95. The van der Waals surface area contributed by atoms with Crippen molar-refractivity contribution in [3.8, 4) is 5.75 Å². The lowest BCUT2D eigenvalue weighted by molar-refractivity contribution is -0.137. The molecule has 1 saturated heterocycles. The summed E-state index contributed by atoms with van der Waals surface area (Å²) in [6, 6.07) is 8.95. The Morgan fingerprint density at radius 1 is 1.22 bits per heavy atom. The van der Waals surface area contributed by atoms with Crippen LogP contribution in [-0.2, 0) is 6.18 Å². The van der Waals surface area contributed by atoms with Crippen molar-refractivity contribution in [2.24, 2.45) is 0 Å². The molecule has 3 nitrogen and oxygen atoms in total. The molecule has 4 rings (SSSR count). The summed E-state index contributed by atoms with van der Waals surface area (Å²) in [6.07, 6.45) is -4.10. The molecule has 0 unspecified atom stereocenters. The number of nitrogens with one attached hydrogen (secondary N) is 1. The van der Waals surface area contributed by atoms with E-state index in [-0.39, 0.29) is 21.9 Å². The topological polar surface area (TPSA) is 24.5 Å². The largest absolute Gasteiger partial charge is 0.466 e. The Morgan fingerprint density at radius 2 is 1.96 bits per heavy atom. The molecule has 0 amide bonds. The van der Waals surface area contributed by atoms with Crippen molar-refractivity contribution in [2.45, 2.75) is 31.3 Å². The molecule has 2 heterocycles. The number of rotatable bonds is 1. The van der Waals surface area contributed by atoms with Gasteiger partial charge in [0.25, 0.3) is 0 Å². The average Bonchev–Trinajstić information content (AvgIpc) is 2.56. The quantitative estimate of drug-likeness (QED) is 0.562. The minimum atomic E-state index is -4.58. The molecule has 0 radical (unpaired) electrons. The minimum absolute atomic E-state index is 0.143. The van der Waals surface area contributed by atoms with Gasteiger partial charge in [-0.15, -0.1) is 0 Å². The van der Waals surface area contributed by atoms with Crippen molar-refractivity contribution in [1.29, 1.82) is 0 Å². The van der Waals surface area contributed by atoms with Crippen LogP contribution in [0.25, 0.3) is 0 Å². The molecule has 1 N–H and O–H groups in total. The smallest absolute Gasteiger partial charge is 0.417 e. The molecule has 0 aromatic heterocycles. The maximum Gasteiger partial charge on any atom is 0.417 e. The van der Waals surface area contributed by atoms with E-state index in [9.17, 15) is 13.2 Å². The lowest BCUT2D eigenvalue weighted by Gasteiger charge is -2.52. The minimum Gasteiger partial charge on any atom is -0.466 e. The van der Waals surface area contributed by atoms with Crippen LogP contribution >= 0.6 is 35.4 Å². The first-order chi connectivity index (χ1) is 12.6. The van der Waals surface area contributed by atoms with E-state index in [1.165, 1.54) is 17.0 Å². The van der Waals surface area contributed by atoms with E-state index in [4.69, 9.17) is 40.2 Å². The maximum atomic E-state index is 13.3. The molecule has 2 atom stereocenters. The zero-order chi connectivity index (χ0) is 19.6. The van der Waals surface area contributed by atoms with E-state index in [1.54, 1.807) is 13.0 Å². The van der Waals surface area contributed by atoms with Gasteiger partial charge in [-0.1, -0.05) is 35.3 Å². The zero-order valence-electron chi connectivity index (χ0n) is 13.9. The Labute approximate surface area is 169 Å². The van der Waals surface area contributed by atoms with Crippen LogP contribution in [0.4, 0.5) is 18.9 Å². The molecule has 2 aliphatic heterocycles. The fraction of sp³-hybridized carbons (Fsp3) is 0.278. The molecule has 0 spiro atoms. The van der Waals surface area contributed by atoms with Crippen molar-refractivity contribution in [1.82, 2.24) is 5.32 Å². The van der Waals surface area contributed by atoms with Crippen LogP contribution in [-0.4, -0.2) is 10.8 Å². The number of hydrogen-bond donors (Lipinski definition) is 1. The van der Waals surface area contributed by atoms with Gasteiger partial charge in [-0.3, -0.25) is 4.90 Å². The summed E-state index contributed by atoms with van der Waals surface area (Å²) in [6.45, 7) is 1.78. The van der Waals surface area contributed by atoms with E-state index >= 15 is 0 Å². The molecule has 142 valence electrons. The molecular formula is C18H13Cl2F3N2OS. The number of nitrogens with zero attached hydrogens (tertiary/aromatic N) is 1. The lowest BCUT2D eigenvalue weighted by Crippen LogP contribution is -2.65. The summed E-state index contributed by atoms with van der Waals surface area (Å²) in [5.41, 5.74) is -0.819. The van der Waals surface area contributed by atoms with E-state index in [0.717, 1.165) is 11.6 Å². The first kappa shape index (κ1) is 18.7. The summed E-state index contributed by atoms with van der Waals surface area (Å²) >= 11 is 17.5. The highest BCUT2D eigenvalue weighted by Gasteiger charge is 2.49. The number of anilines is 1. The van der Waals surface area contributed by atoms with Crippen molar-refractivity contribution < 1.29 is 17.9 Å². The molecule has 9 heteroatoms. The van der Waals surface area contributed by atoms with Crippen LogP contribution in [0.3, 0.4) is 0 Å². The normalized spacial score (nSPS) is 24.1. The van der Waals surface area contributed by atoms with E-state index in [1.807, 2.05) is 12.1 Å². The van der Waals surface area contributed by atoms with Gasteiger partial charge in [0.15, 0.2) is 10.8 Å². The van der Waals surface area contributed by atoms with Crippen LogP contribution in [0.2, 0.25) is 10.0 Å². The first-order valence-electron chi connectivity index (χ1n) is 8.05. The lowest BCUT2D eigenvalue weighted by atomic mass is 9.90. The standard InChI is InChI=1S/C18H13Cl2F3N2OS/c1-17-8-14(10-3-2-4-13(20)15(10)26-17)24-16(27)25(17)9-5-6-12(19)11(7-9)18(21,22)23/h2-7,14H,8H2,1H3,(H,24,27)/t14-,17-/m1/s1. The molecule has 0 saturated carbocycles. The molecule has 0 aliphatic carbocycles. The number of thiocarbonyl (C=S) groups is 1. The highest BCUT2D eigenvalue weighted by atomic mass is 35.5. The summed E-state index contributed by atoms with van der Waals surface area (Å²) in [5, 5.41) is 3.52. The zero-order valence-corrected chi connectivity index (χ0v) is 16.2. The Hall–Kier alpha value is -1.70. The average molecular weight is 433 g/mol. The van der Waals surface area contributed by atoms with Gasteiger partial charge in [0.1, 0.15) is 5.75 Å². The number of hydrogen-bond acceptors (Lipinski definition) is 2. The van der Waals surface area contributed by atoms with Crippen LogP contribution in [0.1, 0.15) is 30.5 Å². The van der Waals surface area contributed by atoms with Gasteiger partial charge in [0, 0.05) is 17.7 Å². The second kappa shape index (κ2) is 6.15. The maximum absolute atomic E-state index is 13.3. The van der Waals surface area contributed by atoms with Crippen LogP contribution in [0, 0.1) is 0 Å². The number of alkyl halides is 3. The Morgan fingerprint density at radius 3 is 2.67 bits per heavy atom. The highest BCUT2D eigenvalue weighted by Crippen LogP contribution is 2.48. The van der Waals surface area contributed by atoms with Gasteiger partial charge in [0.05, 0.1) is 21.7 Å². The van der Waals surface area contributed by atoms with Crippen LogP contribution in [0.5, 0.6) is 5.75 Å². The van der Waals surface area contributed by atoms with Crippen molar-refractivity contribution in [2.75, 3.05) is 4.90 Å². The Balaban J connectivity index is 1.82. The number of benzene rings is 2. The third-order valence-corrected chi connectivity index (χ3v) is 5.69. The summed E-state index contributed by atoms with van der Waals surface area (Å²) in [7, 11) is 0. The second-order valence-corrected chi connectivity index (χ2v) is 7.84. The van der Waals surface area contributed by atoms with Gasteiger partial charge >= 0.3 is 6.18 Å². The van der Waals surface area contributed by atoms with Gasteiger partial charge in [-0.25, -0.2) is 0 Å². The molecule has 1 fully saturated rings. The summed E-state index contributed by atoms with van der Waals surface area (Å²) in [4.78, 5) is 1.54. The van der Waals surface area contributed by atoms with E-state index in [0.29, 0.717) is 17.2 Å². The third-order valence-electron chi connectivity index (χ3n) is 4.77. The SMILES string of the molecule is C[C@@]12C[C@@H](NC(=S)N1c1ccc(Cl)c(C(F)(F)F)c1)c1cccc(Cl)c1O2. The summed E-state index contributed by atoms with van der Waals surface area (Å²) in [5.74, 6) is 0.503. The van der Waals surface area contributed by atoms with Crippen molar-refractivity contribution in [3.05, 3.63) is 57.6 Å². The van der Waals surface area contributed by atoms with Crippen LogP contribution < -0.4 is 15.0 Å². The molecule has 2 aromatic rings. The molecule has 2 aliphatic rings. The van der Waals surface area contributed by atoms with Gasteiger partial charge < -0.3 is 10.1 Å². The second-order valence-electron chi connectivity index (χ2n) is 6.64. The molecule has 2 aromatic carbocycles. The van der Waals surface area contributed by atoms with Crippen molar-refractivity contribution >= 4 is 46.2 Å². The third kappa shape index (κ3) is 3.02. The molecular weight excluding hydrogens is 420 g/mol. The number of fused-ring (bicyclic) bond motifs is 4. The number of halogens is 5. The van der Waals surface area contributed by atoms with Gasteiger partial charge in [-0.05, 0) is 43.4 Å². The Bertz CT molecular complexity index is 953. The van der Waals surface area contributed by atoms with Crippen LogP contribution in [0.15, 0.2) is 36.4 Å². The van der Waals surface area contributed by atoms with Crippen molar-refractivity contribution in [3.63, 3.8) is 0 Å². The fourth-order valence-corrected chi connectivity index (χ4v) is 4.50. The molecule has 2 bridgehead atoms. The first-order valence-corrected chi connectivity index (χ1v) is 9.21. The molecule has 27 heavy (non-hydrogen) atoms. The fourth-order valence-electron chi connectivity index (χ4n) is 3.61. The number of ether oxygens (including phenoxy) is 1. The van der Waals surface area contributed by atoms with Gasteiger partial charge in [0.2, 0.25) is 0 Å². The highest BCUT2D eigenvalue weighted by molar-refractivity contribution is 7.80. The predicted molar refractivity (Wildman–Crippen MR) is 103 cm³/mol. The monoisotopic (exact) mass is 432 g/mol. The number of para-hydroxylation sites is 1. The Kier molecular flexibility index (Phi) is 4.25. The van der Waals surface area contributed by atoms with E-state index < -0.39 is 17.5 Å². The summed E-state index contributed by atoms with van der Waals surface area (Å²) < 4.78 is 46.0. The van der Waals surface area contributed by atoms with Gasteiger partial charge in [-0.2, -0.15) is 13.2 Å².